The lowest BCUT2D eigenvalue weighted by Crippen LogP contribution is -2.01. The molecule has 0 aromatic heterocycles. The molecular formula is C7H15N. The maximum absolute atomic E-state index is 5.25. The van der Waals surface area contributed by atoms with Gasteiger partial charge in [-0.1, -0.05) is 32.9 Å². The minimum absolute atomic E-state index is 0.291. The van der Waals surface area contributed by atoms with Crippen molar-refractivity contribution in [3.8, 4) is 0 Å². The highest BCUT2D eigenvalue weighted by Gasteiger charge is 2.01. The average Bonchev–Trinajstić information content (AvgIpc) is 1.59. The predicted molar refractivity (Wildman–Crippen MR) is 37.6 cm³/mol. The quantitative estimate of drug-likeness (QED) is 0.513. The molecule has 0 aliphatic carbocycles. The molecule has 0 saturated carbocycles. The van der Waals surface area contributed by atoms with Crippen LogP contribution in [0.1, 0.15) is 20.8 Å². The van der Waals surface area contributed by atoms with Crippen LogP contribution >= 0.6 is 0 Å². The van der Waals surface area contributed by atoms with E-state index in [1.165, 1.54) is 0 Å². The van der Waals surface area contributed by atoms with Crippen LogP contribution in [0.5, 0.6) is 0 Å². The SMILES string of the molecule is CC(C)(C)/C=C\CN. The van der Waals surface area contributed by atoms with Crippen LogP contribution in [0.15, 0.2) is 12.2 Å². The lowest BCUT2D eigenvalue weighted by atomic mass is 9.96. The standard InChI is InChI=1S/C7H15N/c1-7(2,3)5-4-6-8/h4-5H,6,8H2,1-3H3/b5-4-. The van der Waals surface area contributed by atoms with Crippen LogP contribution in [0.4, 0.5) is 0 Å². The summed E-state index contributed by atoms with van der Waals surface area (Å²) in [6, 6.07) is 0. The summed E-state index contributed by atoms with van der Waals surface area (Å²) in [5, 5.41) is 0. The molecule has 0 bridgehead atoms. The van der Waals surface area contributed by atoms with Crippen LogP contribution in [0.3, 0.4) is 0 Å². The molecule has 0 aromatic rings. The maximum atomic E-state index is 5.25. The van der Waals surface area contributed by atoms with Gasteiger partial charge in [0.05, 0.1) is 0 Å². The Hall–Kier alpha value is -0.300. The summed E-state index contributed by atoms with van der Waals surface area (Å²) >= 11 is 0. The number of allylic oxidation sites excluding steroid dienone is 1. The summed E-state index contributed by atoms with van der Waals surface area (Å²) in [6.45, 7) is 7.11. The van der Waals surface area contributed by atoms with Crippen molar-refractivity contribution in [3.05, 3.63) is 12.2 Å². The Morgan fingerprint density at radius 1 is 1.38 bits per heavy atom. The molecule has 0 atom stereocenters. The lowest BCUT2D eigenvalue weighted by Gasteiger charge is -2.10. The molecule has 0 aliphatic rings. The fourth-order valence-electron chi connectivity index (χ4n) is 0.422. The van der Waals surface area contributed by atoms with Crippen molar-refractivity contribution in [3.63, 3.8) is 0 Å². The van der Waals surface area contributed by atoms with E-state index in [9.17, 15) is 0 Å². The van der Waals surface area contributed by atoms with Crippen LogP contribution in [-0.4, -0.2) is 6.54 Å². The first-order valence-electron chi connectivity index (χ1n) is 2.94. The number of hydrogen-bond donors (Lipinski definition) is 1. The molecule has 1 heteroatoms. The summed E-state index contributed by atoms with van der Waals surface area (Å²) in [4.78, 5) is 0. The van der Waals surface area contributed by atoms with Crippen molar-refractivity contribution in [1.29, 1.82) is 0 Å². The highest BCUT2D eigenvalue weighted by atomic mass is 14.5. The second-order valence-electron chi connectivity index (χ2n) is 3.00. The first-order chi connectivity index (χ1) is 3.56. The Morgan fingerprint density at radius 3 is 2.00 bits per heavy atom. The summed E-state index contributed by atoms with van der Waals surface area (Å²) in [5.41, 5.74) is 5.54. The van der Waals surface area contributed by atoms with Crippen molar-refractivity contribution in [2.24, 2.45) is 11.1 Å². The number of rotatable bonds is 1. The first kappa shape index (κ1) is 7.70. The topological polar surface area (TPSA) is 26.0 Å². The van der Waals surface area contributed by atoms with Crippen LogP contribution in [0.25, 0.3) is 0 Å². The number of nitrogens with two attached hydrogens (primary N) is 1. The fourth-order valence-corrected chi connectivity index (χ4v) is 0.422. The zero-order chi connectivity index (χ0) is 6.62. The van der Waals surface area contributed by atoms with Crippen molar-refractivity contribution in [1.82, 2.24) is 0 Å². The van der Waals surface area contributed by atoms with Gasteiger partial charge in [0.15, 0.2) is 0 Å². The van der Waals surface area contributed by atoms with Crippen molar-refractivity contribution < 1.29 is 0 Å². The summed E-state index contributed by atoms with van der Waals surface area (Å²) < 4.78 is 0. The monoisotopic (exact) mass is 113 g/mol. The number of hydrogen-bond acceptors (Lipinski definition) is 1. The second kappa shape index (κ2) is 2.88. The van der Waals surface area contributed by atoms with Gasteiger partial charge in [0.25, 0.3) is 0 Å². The first-order valence-corrected chi connectivity index (χ1v) is 2.94. The van der Waals surface area contributed by atoms with Crippen LogP contribution < -0.4 is 5.73 Å². The normalized spacial score (nSPS) is 13.0. The van der Waals surface area contributed by atoms with Crippen molar-refractivity contribution in [2.45, 2.75) is 20.8 Å². The fraction of sp³-hybridized carbons (Fsp3) is 0.714. The van der Waals surface area contributed by atoms with Gasteiger partial charge in [-0.25, -0.2) is 0 Å². The molecule has 1 nitrogen and oxygen atoms in total. The molecule has 48 valence electrons. The van der Waals surface area contributed by atoms with Gasteiger partial charge in [-0.2, -0.15) is 0 Å². The zero-order valence-electron chi connectivity index (χ0n) is 5.94. The molecule has 0 saturated heterocycles. The third-order valence-corrected chi connectivity index (χ3v) is 0.754. The smallest absolute Gasteiger partial charge is 0.0107 e. The highest BCUT2D eigenvalue weighted by molar-refractivity contribution is 4.92. The van der Waals surface area contributed by atoms with E-state index in [1.54, 1.807) is 0 Å². The molecule has 0 spiro atoms. The molecule has 8 heavy (non-hydrogen) atoms. The Labute approximate surface area is 51.6 Å². The molecule has 0 radical (unpaired) electrons. The van der Waals surface area contributed by atoms with Crippen LogP contribution in [0.2, 0.25) is 0 Å². The van der Waals surface area contributed by atoms with E-state index in [-0.39, 0.29) is 0 Å². The summed E-state index contributed by atoms with van der Waals surface area (Å²) in [6.07, 6.45) is 4.10. The molecule has 0 fully saturated rings. The van der Waals surface area contributed by atoms with Gasteiger partial charge in [-0.15, -0.1) is 0 Å². The molecule has 0 amide bonds. The average molecular weight is 113 g/mol. The Kier molecular flexibility index (Phi) is 2.77. The summed E-state index contributed by atoms with van der Waals surface area (Å²) in [5.74, 6) is 0. The summed E-state index contributed by atoms with van der Waals surface area (Å²) in [7, 11) is 0. The third kappa shape index (κ3) is 5.70. The largest absolute Gasteiger partial charge is 0.327 e. The lowest BCUT2D eigenvalue weighted by molar-refractivity contribution is 0.543. The minimum Gasteiger partial charge on any atom is -0.327 e. The van der Waals surface area contributed by atoms with E-state index in [0.717, 1.165) is 0 Å². The van der Waals surface area contributed by atoms with E-state index in [1.807, 2.05) is 6.08 Å². The maximum Gasteiger partial charge on any atom is 0.0107 e. The van der Waals surface area contributed by atoms with Crippen molar-refractivity contribution in [2.75, 3.05) is 6.54 Å². The van der Waals surface area contributed by atoms with E-state index >= 15 is 0 Å². The van der Waals surface area contributed by atoms with Gasteiger partial charge in [-0.3, -0.25) is 0 Å². The van der Waals surface area contributed by atoms with E-state index in [4.69, 9.17) is 5.73 Å². The molecule has 0 aromatic carbocycles. The molecule has 0 unspecified atom stereocenters. The van der Waals surface area contributed by atoms with Gasteiger partial charge in [-0.05, 0) is 5.41 Å². The molecule has 2 N–H and O–H groups in total. The Bertz CT molecular complexity index is 76.9. The van der Waals surface area contributed by atoms with E-state index < -0.39 is 0 Å². The van der Waals surface area contributed by atoms with Crippen LogP contribution in [-0.2, 0) is 0 Å². The Morgan fingerprint density at radius 2 is 1.88 bits per heavy atom. The zero-order valence-corrected chi connectivity index (χ0v) is 5.94. The van der Waals surface area contributed by atoms with Gasteiger partial charge < -0.3 is 5.73 Å². The Balaban J connectivity index is 3.52. The van der Waals surface area contributed by atoms with Crippen LogP contribution in [0, 0.1) is 5.41 Å². The third-order valence-electron chi connectivity index (χ3n) is 0.754. The van der Waals surface area contributed by atoms with Gasteiger partial charge in [0, 0.05) is 6.54 Å². The van der Waals surface area contributed by atoms with Gasteiger partial charge in [0.2, 0.25) is 0 Å². The minimum atomic E-state index is 0.291. The van der Waals surface area contributed by atoms with Crippen molar-refractivity contribution >= 4 is 0 Å². The van der Waals surface area contributed by atoms with Gasteiger partial charge in [0.1, 0.15) is 0 Å². The predicted octanol–water partition coefficient (Wildman–Crippen LogP) is 1.55. The van der Waals surface area contributed by atoms with E-state index in [0.29, 0.717) is 12.0 Å². The molecular weight excluding hydrogens is 98.1 g/mol. The van der Waals surface area contributed by atoms with Gasteiger partial charge >= 0.3 is 0 Å². The second-order valence-corrected chi connectivity index (χ2v) is 3.00. The molecule has 0 heterocycles. The highest BCUT2D eigenvalue weighted by Crippen LogP contribution is 2.13. The molecule has 0 aliphatic heterocycles. The van der Waals surface area contributed by atoms with E-state index in [2.05, 4.69) is 26.8 Å². The molecule has 0 rings (SSSR count).